The zero-order valence-electron chi connectivity index (χ0n) is 10.7. The Labute approximate surface area is 112 Å². The molecule has 1 saturated heterocycles. The van der Waals surface area contributed by atoms with Crippen molar-refractivity contribution in [3.63, 3.8) is 0 Å². The van der Waals surface area contributed by atoms with Gasteiger partial charge in [0.2, 0.25) is 0 Å². The summed E-state index contributed by atoms with van der Waals surface area (Å²) in [4.78, 5) is 0. The largest absolute Gasteiger partial charge is 0.491 e. The average molecular weight is 266 g/mol. The van der Waals surface area contributed by atoms with Crippen LogP contribution in [0.25, 0.3) is 0 Å². The first-order valence-electron chi connectivity index (χ1n) is 6.49. The minimum Gasteiger partial charge on any atom is -0.423 e. The van der Waals surface area contributed by atoms with Gasteiger partial charge in [-0.05, 0) is 11.9 Å². The number of benzene rings is 1. The summed E-state index contributed by atoms with van der Waals surface area (Å²) in [5.41, 5.74) is 0.651. The number of hydrogen-bond acceptors (Lipinski definition) is 5. The summed E-state index contributed by atoms with van der Waals surface area (Å²) >= 11 is 0. The van der Waals surface area contributed by atoms with Crippen molar-refractivity contribution in [3.8, 4) is 0 Å². The van der Waals surface area contributed by atoms with E-state index in [9.17, 15) is 10.1 Å². The maximum absolute atomic E-state index is 10.0. The number of aliphatic hydroxyl groups excluding tert-OH is 2. The van der Waals surface area contributed by atoms with Crippen LogP contribution in [0.15, 0.2) is 30.3 Å². The van der Waals surface area contributed by atoms with Gasteiger partial charge in [0.25, 0.3) is 0 Å². The van der Waals surface area contributed by atoms with Crippen LogP contribution in [0.3, 0.4) is 0 Å². The highest BCUT2D eigenvalue weighted by Crippen LogP contribution is 2.17. The Bertz CT molecular complexity index is 375. The normalized spacial score (nSPS) is 27.8. The Morgan fingerprint density at radius 3 is 2.74 bits per heavy atom. The molecular weight excluding hydrogens is 247 g/mol. The summed E-state index contributed by atoms with van der Waals surface area (Å²) in [7, 11) is -1.06. The maximum Gasteiger partial charge on any atom is 0.491 e. The fourth-order valence-electron chi connectivity index (χ4n) is 2.18. The monoisotopic (exact) mass is 266 g/mol. The van der Waals surface area contributed by atoms with Gasteiger partial charge in [-0.25, -0.2) is 0 Å². The first-order chi connectivity index (χ1) is 9.20. The van der Waals surface area contributed by atoms with E-state index in [1.807, 2.05) is 18.2 Å². The minimum atomic E-state index is -1.06. The average Bonchev–Trinajstić information content (AvgIpc) is 2.62. The Morgan fingerprint density at radius 2 is 2.05 bits per heavy atom. The van der Waals surface area contributed by atoms with E-state index >= 15 is 0 Å². The highest BCUT2D eigenvalue weighted by Gasteiger charge is 2.31. The summed E-state index contributed by atoms with van der Waals surface area (Å²) in [6.07, 6.45) is -0.813. The predicted octanol–water partition coefficient (Wildman–Crippen LogP) is -0.709. The smallest absolute Gasteiger partial charge is 0.423 e. The van der Waals surface area contributed by atoms with Crippen molar-refractivity contribution in [2.75, 3.05) is 13.2 Å². The van der Waals surface area contributed by atoms with Gasteiger partial charge in [-0.3, -0.25) is 0 Å². The topological polar surface area (TPSA) is 79.2 Å². The van der Waals surface area contributed by atoms with Gasteiger partial charge in [0, 0.05) is 13.0 Å². The predicted molar refractivity (Wildman–Crippen MR) is 71.0 cm³/mol. The zero-order chi connectivity index (χ0) is 13.7. The fraction of sp³-hybridized carbons (Fsp3) is 0.538. The van der Waals surface area contributed by atoms with Crippen molar-refractivity contribution in [2.24, 2.45) is 0 Å². The first-order valence-corrected chi connectivity index (χ1v) is 6.49. The molecule has 0 amide bonds. The summed E-state index contributed by atoms with van der Waals surface area (Å²) in [6.45, 7) is 0.277. The molecule has 0 saturated carbocycles. The molecule has 1 heterocycles. The molecule has 1 aromatic carbocycles. The van der Waals surface area contributed by atoms with E-state index in [-0.39, 0.29) is 12.7 Å². The second kappa shape index (κ2) is 7.02. The van der Waals surface area contributed by atoms with Crippen molar-refractivity contribution in [1.82, 2.24) is 0 Å². The maximum atomic E-state index is 10.0. The Kier molecular flexibility index (Phi) is 5.36. The molecule has 1 aliphatic heterocycles. The van der Waals surface area contributed by atoms with Crippen LogP contribution < -0.4 is 5.46 Å². The molecule has 1 aromatic rings. The fourth-order valence-corrected chi connectivity index (χ4v) is 2.18. The quantitative estimate of drug-likeness (QED) is 0.627. The number of rotatable bonds is 4. The summed E-state index contributed by atoms with van der Waals surface area (Å²) in [6, 6.07) is 9.02. The van der Waals surface area contributed by atoms with E-state index in [1.54, 1.807) is 12.1 Å². The molecule has 1 unspecified atom stereocenters. The van der Waals surface area contributed by atoms with Crippen LogP contribution in [-0.4, -0.2) is 53.9 Å². The van der Waals surface area contributed by atoms with E-state index in [0.717, 1.165) is 0 Å². The van der Waals surface area contributed by atoms with Gasteiger partial charge >= 0.3 is 7.12 Å². The van der Waals surface area contributed by atoms with E-state index in [2.05, 4.69) is 0 Å². The molecule has 1 aliphatic rings. The lowest BCUT2D eigenvalue weighted by atomic mass is 9.79. The van der Waals surface area contributed by atoms with Gasteiger partial charge in [0.05, 0.1) is 24.9 Å². The molecule has 6 heteroatoms. The van der Waals surface area contributed by atoms with Crippen molar-refractivity contribution in [3.05, 3.63) is 30.3 Å². The molecule has 0 radical (unpaired) electrons. The van der Waals surface area contributed by atoms with Gasteiger partial charge < -0.3 is 24.6 Å². The van der Waals surface area contributed by atoms with Crippen molar-refractivity contribution in [2.45, 2.75) is 31.2 Å². The Hall–Kier alpha value is -0.915. The Morgan fingerprint density at radius 1 is 1.32 bits per heavy atom. The molecule has 0 aromatic heterocycles. The second-order valence-electron chi connectivity index (χ2n) is 4.70. The van der Waals surface area contributed by atoms with Crippen LogP contribution in [0.2, 0.25) is 0 Å². The summed E-state index contributed by atoms with van der Waals surface area (Å²) < 4.78 is 10.9. The highest BCUT2D eigenvalue weighted by atomic mass is 16.5. The zero-order valence-corrected chi connectivity index (χ0v) is 10.7. The van der Waals surface area contributed by atoms with Gasteiger partial charge in [0.15, 0.2) is 0 Å². The highest BCUT2D eigenvalue weighted by molar-refractivity contribution is 6.59. The van der Waals surface area contributed by atoms with E-state index in [0.29, 0.717) is 24.9 Å². The van der Waals surface area contributed by atoms with Crippen molar-refractivity contribution >= 4 is 12.6 Å². The molecule has 3 atom stereocenters. The molecule has 0 aliphatic carbocycles. The molecule has 0 bridgehead atoms. The van der Waals surface area contributed by atoms with Crippen LogP contribution in [0.4, 0.5) is 0 Å². The molecule has 19 heavy (non-hydrogen) atoms. The lowest BCUT2D eigenvalue weighted by Gasteiger charge is -2.23. The summed E-state index contributed by atoms with van der Waals surface area (Å²) in [5, 5.41) is 29.1. The standard InChI is InChI=1S/C13H19BO5/c15-9-11-8-12(16)13(6-7-18-11)19-14(17)10-4-2-1-3-5-10/h1-5,11-13,15-17H,6-9H2/t11-,12-,13?/m0/s1. The lowest BCUT2D eigenvalue weighted by molar-refractivity contribution is -0.00491. The number of aliphatic hydroxyl groups is 2. The number of hydrogen-bond donors (Lipinski definition) is 3. The molecule has 2 rings (SSSR count). The molecule has 104 valence electrons. The van der Waals surface area contributed by atoms with E-state index in [1.165, 1.54) is 0 Å². The van der Waals surface area contributed by atoms with E-state index < -0.39 is 19.3 Å². The van der Waals surface area contributed by atoms with Crippen molar-refractivity contribution < 1.29 is 24.6 Å². The van der Waals surface area contributed by atoms with Gasteiger partial charge in [0.1, 0.15) is 0 Å². The number of ether oxygens (including phenoxy) is 1. The van der Waals surface area contributed by atoms with Crippen LogP contribution >= 0.6 is 0 Å². The van der Waals surface area contributed by atoms with Crippen LogP contribution in [0, 0.1) is 0 Å². The van der Waals surface area contributed by atoms with Gasteiger partial charge in [-0.1, -0.05) is 30.3 Å². The minimum absolute atomic E-state index is 0.120. The Balaban J connectivity index is 1.94. The van der Waals surface area contributed by atoms with Gasteiger partial charge in [-0.15, -0.1) is 0 Å². The molecule has 5 nitrogen and oxygen atoms in total. The third kappa shape index (κ3) is 4.02. The first kappa shape index (κ1) is 14.5. The SMILES string of the molecule is OC[C@@H]1C[C@H](O)C(OB(O)c2ccccc2)CCO1. The summed E-state index contributed by atoms with van der Waals surface area (Å²) in [5.74, 6) is 0. The van der Waals surface area contributed by atoms with Gasteiger partial charge in [-0.2, -0.15) is 0 Å². The van der Waals surface area contributed by atoms with Crippen LogP contribution in [-0.2, 0) is 9.39 Å². The third-order valence-electron chi connectivity index (χ3n) is 3.28. The van der Waals surface area contributed by atoms with E-state index in [4.69, 9.17) is 14.5 Å². The lowest BCUT2D eigenvalue weighted by Crippen LogP contribution is -2.42. The van der Waals surface area contributed by atoms with Crippen LogP contribution in [0.1, 0.15) is 12.8 Å². The van der Waals surface area contributed by atoms with Crippen molar-refractivity contribution in [1.29, 1.82) is 0 Å². The molecule has 3 N–H and O–H groups in total. The molecular formula is C13H19BO5. The third-order valence-corrected chi connectivity index (χ3v) is 3.28. The second-order valence-corrected chi connectivity index (χ2v) is 4.70. The molecule has 1 fully saturated rings. The molecule has 0 spiro atoms. The van der Waals surface area contributed by atoms with Crippen LogP contribution in [0.5, 0.6) is 0 Å².